The molecule has 1 saturated heterocycles. The van der Waals surface area contributed by atoms with Crippen molar-refractivity contribution in [3.8, 4) is 5.75 Å². The van der Waals surface area contributed by atoms with Gasteiger partial charge in [-0.15, -0.1) is 0 Å². The van der Waals surface area contributed by atoms with Gasteiger partial charge in [0.2, 0.25) is 0 Å². The number of hydrogen-bond acceptors (Lipinski definition) is 6. The van der Waals surface area contributed by atoms with Crippen LogP contribution < -0.4 is 14.4 Å². The Morgan fingerprint density at radius 1 is 1.30 bits per heavy atom. The normalized spacial score (nSPS) is 17.6. The number of carbonyl (C=O) groups is 2. The highest BCUT2D eigenvalue weighted by Crippen LogP contribution is 2.29. The van der Waals surface area contributed by atoms with Crippen LogP contribution in [-0.2, 0) is 19.6 Å². The van der Waals surface area contributed by atoms with Crippen molar-refractivity contribution in [2.75, 3.05) is 18.1 Å². The van der Waals surface area contributed by atoms with E-state index in [2.05, 4.69) is 9.50 Å². The number of hydrogen-bond donors (Lipinski definition) is 1. The molecule has 0 spiro atoms. The number of urea groups is 1. The van der Waals surface area contributed by atoms with Crippen molar-refractivity contribution in [3.05, 3.63) is 24.3 Å². The molecule has 0 saturated carbocycles. The highest BCUT2D eigenvalue weighted by atomic mass is 32.2. The fourth-order valence-corrected chi connectivity index (χ4v) is 2.92. The monoisotopic (exact) mass is 410 g/mol. The molecular weight excluding hydrogens is 393 g/mol. The van der Waals surface area contributed by atoms with E-state index in [9.17, 15) is 31.2 Å². The van der Waals surface area contributed by atoms with Crippen LogP contribution in [0, 0.1) is 0 Å². The van der Waals surface area contributed by atoms with Gasteiger partial charge in [-0.05, 0) is 37.6 Å². The molecule has 0 aromatic heterocycles. The lowest BCUT2D eigenvalue weighted by molar-refractivity contribution is -0.143. The molecule has 1 aromatic rings. The quantitative estimate of drug-likeness (QED) is 0.420. The molecule has 1 atom stereocenters. The third kappa shape index (κ3) is 5.02. The SMILES string of the molecule is CCOC(=O)CCC1CNC(=O)N1c1ccc(OS(=O)(=O)C(F)(F)F)cc1. The maximum atomic E-state index is 12.3. The largest absolute Gasteiger partial charge is 0.534 e. The minimum absolute atomic E-state index is 0.0922. The lowest BCUT2D eigenvalue weighted by Gasteiger charge is -2.23. The Morgan fingerprint density at radius 3 is 2.48 bits per heavy atom. The smallest absolute Gasteiger partial charge is 0.466 e. The molecule has 1 aromatic carbocycles. The molecule has 1 aliphatic rings. The number of carbonyl (C=O) groups excluding carboxylic acids is 2. The molecule has 1 aliphatic heterocycles. The number of esters is 1. The third-order valence-electron chi connectivity index (χ3n) is 3.66. The van der Waals surface area contributed by atoms with E-state index in [1.807, 2.05) is 0 Å². The minimum atomic E-state index is -5.77. The first-order valence-electron chi connectivity index (χ1n) is 7.88. The van der Waals surface area contributed by atoms with Gasteiger partial charge in [-0.2, -0.15) is 21.6 Å². The molecule has 0 radical (unpaired) electrons. The second kappa shape index (κ2) is 8.03. The highest BCUT2D eigenvalue weighted by molar-refractivity contribution is 7.88. The van der Waals surface area contributed by atoms with Crippen LogP contribution in [0.2, 0.25) is 0 Å². The van der Waals surface area contributed by atoms with E-state index < -0.39 is 33.4 Å². The van der Waals surface area contributed by atoms with Crippen LogP contribution in [0.25, 0.3) is 0 Å². The topological polar surface area (TPSA) is 102 Å². The van der Waals surface area contributed by atoms with Crippen molar-refractivity contribution in [3.63, 3.8) is 0 Å². The first-order valence-corrected chi connectivity index (χ1v) is 9.29. The summed E-state index contributed by atoms with van der Waals surface area (Å²) in [5, 5.41) is 2.61. The van der Waals surface area contributed by atoms with Crippen molar-refractivity contribution >= 4 is 27.8 Å². The Bertz CT molecular complexity index is 795. The molecule has 150 valence electrons. The van der Waals surface area contributed by atoms with E-state index in [0.29, 0.717) is 12.1 Å². The molecule has 2 amide bonds. The number of benzene rings is 1. The zero-order chi connectivity index (χ0) is 20.2. The second-order valence-electron chi connectivity index (χ2n) is 5.53. The molecule has 0 aliphatic carbocycles. The first kappa shape index (κ1) is 20.8. The Kier molecular flexibility index (Phi) is 6.19. The first-order chi connectivity index (χ1) is 12.5. The lowest BCUT2D eigenvalue weighted by Crippen LogP contribution is -2.34. The van der Waals surface area contributed by atoms with Gasteiger partial charge in [-0.3, -0.25) is 9.69 Å². The molecule has 1 N–H and O–H groups in total. The molecule has 1 unspecified atom stereocenters. The van der Waals surface area contributed by atoms with E-state index in [1.165, 1.54) is 17.0 Å². The van der Waals surface area contributed by atoms with Crippen molar-refractivity contribution in [1.29, 1.82) is 0 Å². The number of amides is 2. The fraction of sp³-hybridized carbons (Fsp3) is 0.467. The summed E-state index contributed by atoms with van der Waals surface area (Å²) in [5.41, 5.74) is -5.23. The summed E-state index contributed by atoms with van der Waals surface area (Å²) in [6.07, 6.45) is 0.410. The molecule has 27 heavy (non-hydrogen) atoms. The predicted octanol–water partition coefficient (Wildman–Crippen LogP) is 2.16. The highest BCUT2D eigenvalue weighted by Gasteiger charge is 2.48. The Labute approximate surface area is 153 Å². The van der Waals surface area contributed by atoms with Gasteiger partial charge in [0.15, 0.2) is 0 Å². The van der Waals surface area contributed by atoms with Crippen LogP contribution in [0.4, 0.5) is 23.7 Å². The Morgan fingerprint density at radius 2 is 1.93 bits per heavy atom. The average Bonchev–Trinajstić information content (AvgIpc) is 2.93. The van der Waals surface area contributed by atoms with Gasteiger partial charge < -0.3 is 14.2 Å². The standard InChI is InChI=1S/C15H17F3N2O6S/c1-2-25-13(21)8-5-11-9-19-14(22)20(11)10-3-6-12(7-4-10)26-27(23,24)15(16,17)18/h3-4,6-7,11H,2,5,8-9H2,1H3,(H,19,22). The Balaban J connectivity index is 2.10. The maximum absolute atomic E-state index is 12.3. The number of anilines is 1. The van der Waals surface area contributed by atoms with Crippen LogP contribution in [-0.4, -0.2) is 45.1 Å². The number of rotatable bonds is 7. The van der Waals surface area contributed by atoms with Crippen molar-refractivity contribution in [1.82, 2.24) is 5.32 Å². The van der Waals surface area contributed by atoms with E-state index in [4.69, 9.17) is 4.74 Å². The molecule has 0 bridgehead atoms. The summed E-state index contributed by atoms with van der Waals surface area (Å²) < 4.78 is 67.9. The predicted molar refractivity (Wildman–Crippen MR) is 87.6 cm³/mol. The van der Waals surface area contributed by atoms with Crippen LogP contribution in [0.3, 0.4) is 0 Å². The average molecular weight is 410 g/mol. The maximum Gasteiger partial charge on any atom is 0.534 e. The molecule has 1 heterocycles. The fourth-order valence-electron chi connectivity index (χ4n) is 2.46. The second-order valence-corrected chi connectivity index (χ2v) is 7.07. The zero-order valence-corrected chi connectivity index (χ0v) is 15.0. The minimum Gasteiger partial charge on any atom is -0.466 e. The number of alkyl halides is 3. The summed E-state index contributed by atoms with van der Waals surface area (Å²) in [6, 6.07) is 3.71. The van der Waals surface area contributed by atoms with Crippen LogP contribution in [0.15, 0.2) is 24.3 Å². The zero-order valence-electron chi connectivity index (χ0n) is 14.2. The molecule has 12 heteroatoms. The van der Waals surface area contributed by atoms with Crippen LogP contribution in [0.1, 0.15) is 19.8 Å². The van der Waals surface area contributed by atoms with Gasteiger partial charge in [0.25, 0.3) is 0 Å². The summed E-state index contributed by atoms with van der Waals surface area (Å²) in [4.78, 5) is 24.8. The van der Waals surface area contributed by atoms with Gasteiger partial charge in [-0.1, -0.05) is 0 Å². The third-order valence-corrected chi connectivity index (χ3v) is 4.64. The molecular formula is C15H17F3N2O6S. The van der Waals surface area contributed by atoms with Gasteiger partial charge >= 0.3 is 27.6 Å². The lowest BCUT2D eigenvalue weighted by atomic mass is 10.1. The van der Waals surface area contributed by atoms with E-state index in [1.54, 1.807) is 6.92 Å². The number of ether oxygens (including phenoxy) is 1. The van der Waals surface area contributed by atoms with Gasteiger partial charge in [0.05, 0.1) is 12.6 Å². The summed E-state index contributed by atoms with van der Waals surface area (Å²) in [6.45, 7) is 2.19. The van der Waals surface area contributed by atoms with E-state index >= 15 is 0 Å². The van der Waals surface area contributed by atoms with Crippen molar-refractivity contribution in [2.24, 2.45) is 0 Å². The Hall–Kier alpha value is -2.50. The summed E-state index contributed by atoms with van der Waals surface area (Å²) >= 11 is 0. The molecule has 1 fully saturated rings. The summed E-state index contributed by atoms with van der Waals surface area (Å²) in [7, 11) is -5.77. The molecule has 8 nitrogen and oxygen atoms in total. The molecule has 2 rings (SSSR count). The number of halogens is 3. The number of nitrogens with one attached hydrogen (secondary N) is 1. The van der Waals surface area contributed by atoms with Crippen molar-refractivity contribution < 1.29 is 40.1 Å². The van der Waals surface area contributed by atoms with Gasteiger partial charge in [-0.25, -0.2) is 4.79 Å². The van der Waals surface area contributed by atoms with Gasteiger partial charge in [0, 0.05) is 18.7 Å². The number of nitrogens with zero attached hydrogens (tertiary/aromatic N) is 1. The van der Waals surface area contributed by atoms with E-state index in [-0.39, 0.29) is 25.6 Å². The van der Waals surface area contributed by atoms with Gasteiger partial charge in [0.1, 0.15) is 5.75 Å². The van der Waals surface area contributed by atoms with Crippen LogP contribution >= 0.6 is 0 Å². The van der Waals surface area contributed by atoms with Crippen molar-refractivity contribution in [2.45, 2.75) is 31.3 Å². The van der Waals surface area contributed by atoms with Crippen LogP contribution in [0.5, 0.6) is 5.75 Å². The van der Waals surface area contributed by atoms with E-state index in [0.717, 1.165) is 12.1 Å². The summed E-state index contributed by atoms with van der Waals surface area (Å²) in [5.74, 6) is -0.948.